The van der Waals surface area contributed by atoms with Crippen molar-refractivity contribution in [3.05, 3.63) is 82.3 Å². The molecule has 0 bridgehead atoms. The van der Waals surface area contributed by atoms with E-state index in [-0.39, 0.29) is 11.5 Å². The highest BCUT2D eigenvalue weighted by Crippen LogP contribution is 2.14. The molecule has 140 valence electrons. The first-order valence-electron chi connectivity index (χ1n) is 8.44. The van der Waals surface area contributed by atoms with Crippen LogP contribution in [0.2, 0.25) is 0 Å². The van der Waals surface area contributed by atoms with E-state index in [0.717, 1.165) is 5.56 Å². The number of nitrogens with zero attached hydrogens (tertiary/aromatic N) is 6. The number of pyridine rings is 1. The Hall–Kier alpha value is -4.08. The fourth-order valence-corrected chi connectivity index (χ4v) is 2.69. The second-order valence-corrected chi connectivity index (χ2v) is 6.04. The smallest absolute Gasteiger partial charge is 0.264 e. The Balaban J connectivity index is 1.49. The van der Waals surface area contributed by atoms with E-state index in [1.54, 1.807) is 36.3 Å². The average molecular weight is 376 g/mol. The predicted octanol–water partition coefficient (Wildman–Crippen LogP) is 1.16. The van der Waals surface area contributed by atoms with Gasteiger partial charge in [0.25, 0.3) is 11.5 Å². The maximum Gasteiger partial charge on any atom is 0.264 e. The minimum atomic E-state index is -0.331. The van der Waals surface area contributed by atoms with E-state index in [9.17, 15) is 9.59 Å². The van der Waals surface area contributed by atoms with Crippen molar-refractivity contribution in [2.75, 3.05) is 5.32 Å². The number of anilines is 1. The molecule has 4 rings (SSSR count). The summed E-state index contributed by atoms with van der Waals surface area (Å²) in [5.74, 6) is 0.522. The number of nitrogens with one attached hydrogen (secondary N) is 2. The molecule has 0 aliphatic heterocycles. The Morgan fingerprint density at radius 2 is 2.00 bits per heavy atom. The summed E-state index contributed by atoms with van der Waals surface area (Å²) in [6.07, 6.45) is 6.68. The molecular weight excluding hydrogens is 360 g/mol. The van der Waals surface area contributed by atoms with E-state index in [0.29, 0.717) is 29.4 Å². The molecule has 0 spiro atoms. The molecule has 4 aromatic heterocycles. The third-order valence-electron chi connectivity index (χ3n) is 4.11. The SMILES string of the molecule is Cc1c(C(=O)Nc2ccn(Cc3ccncc3)n2)cnn1-c1ccc(=O)[nH]n1. The van der Waals surface area contributed by atoms with Crippen molar-refractivity contribution in [2.24, 2.45) is 0 Å². The number of rotatable bonds is 5. The fourth-order valence-electron chi connectivity index (χ4n) is 2.69. The van der Waals surface area contributed by atoms with Crippen LogP contribution in [-0.4, -0.2) is 40.6 Å². The van der Waals surface area contributed by atoms with Crippen LogP contribution in [0, 0.1) is 6.92 Å². The summed E-state index contributed by atoms with van der Waals surface area (Å²) in [4.78, 5) is 27.7. The van der Waals surface area contributed by atoms with Crippen LogP contribution in [0.5, 0.6) is 0 Å². The zero-order valence-electron chi connectivity index (χ0n) is 14.9. The average Bonchev–Trinajstić information content (AvgIpc) is 3.29. The molecule has 0 atom stereocenters. The number of carbonyl (C=O) groups excluding carboxylic acids is 1. The van der Waals surface area contributed by atoms with E-state index >= 15 is 0 Å². The van der Waals surface area contributed by atoms with Gasteiger partial charge in [0.15, 0.2) is 11.6 Å². The lowest BCUT2D eigenvalue weighted by Gasteiger charge is -2.04. The highest BCUT2D eigenvalue weighted by Gasteiger charge is 2.17. The second kappa shape index (κ2) is 7.27. The molecule has 1 amide bonds. The quantitative estimate of drug-likeness (QED) is 0.539. The Morgan fingerprint density at radius 3 is 2.75 bits per heavy atom. The van der Waals surface area contributed by atoms with Crippen molar-refractivity contribution in [2.45, 2.75) is 13.5 Å². The zero-order chi connectivity index (χ0) is 19.5. The molecule has 2 N–H and O–H groups in total. The number of amides is 1. The van der Waals surface area contributed by atoms with Crippen LogP contribution in [0.1, 0.15) is 21.6 Å². The molecule has 0 fully saturated rings. The van der Waals surface area contributed by atoms with Gasteiger partial charge < -0.3 is 5.32 Å². The summed E-state index contributed by atoms with van der Waals surface area (Å²) < 4.78 is 3.21. The lowest BCUT2D eigenvalue weighted by Crippen LogP contribution is -2.15. The van der Waals surface area contributed by atoms with Gasteiger partial charge in [0.1, 0.15) is 0 Å². The molecule has 0 aliphatic carbocycles. The van der Waals surface area contributed by atoms with E-state index < -0.39 is 0 Å². The van der Waals surface area contributed by atoms with Gasteiger partial charge in [-0.05, 0) is 30.7 Å². The standard InChI is InChI=1S/C18H16N8O2/c1-12-14(10-20-26(12)16-2-3-17(27)23-22-16)18(28)21-15-6-9-25(24-15)11-13-4-7-19-8-5-13/h2-10H,11H2,1H3,(H,23,27)(H,21,24,28). The molecule has 0 unspecified atom stereocenters. The van der Waals surface area contributed by atoms with Crippen LogP contribution in [0.3, 0.4) is 0 Å². The Bertz CT molecular complexity index is 1160. The van der Waals surface area contributed by atoms with E-state index in [1.165, 1.54) is 23.0 Å². The molecule has 28 heavy (non-hydrogen) atoms. The summed E-state index contributed by atoms with van der Waals surface area (Å²) in [7, 11) is 0. The monoisotopic (exact) mass is 376 g/mol. The van der Waals surface area contributed by atoms with Crippen LogP contribution in [0.15, 0.2) is 59.9 Å². The molecule has 10 heteroatoms. The van der Waals surface area contributed by atoms with Gasteiger partial charge in [-0.2, -0.15) is 15.3 Å². The Kier molecular flexibility index (Phi) is 4.50. The van der Waals surface area contributed by atoms with Gasteiger partial charge in [-0.1, -0.05) is 0 Å². The van der Waals surface area contributed by atoms with Gasteiger partial charge in [0.05, 0.1) is 24.0 Å². The van der Waals surface area contributed by atoms with Crippen molar-refractivity contribution in [1.82, 2.24) is 34.7 Å². The molecule has 0 saturated heterocycles. The molecule has 0 radical (unpaired) electrons. The number of hydrogen-bond acceptors (Lipinski definition) is 6. The molecule has 10 nitrogen and oxygen atoms in total. The maximum absolute atomic E-state index is 12.6. The number of aromatic amines is 1. The largest absolute Gasteiger partial charge is 0.305 e. The van der Waals surface area contributed by atoms with Crippen LogP contribution < -0.4 is 10.9 Å². The molecule has 4 heterocycles. The van der Waals surface area contributed by atoms with Crippen LogP contribution in [-0.2, 0) is 6.54 Å². The summed E-state index contributed by atoms with van der Waals surface area (Å²) in [5, 5.41) is 17.6. The highest BCUT2D eigenvalue weighted by atomic mass is 16.2. The molecule has 4 aromatic rings. The number of aromatic nitrogens is 7. The fraction of sp³-hybridized carbons (Fsp3) is 0.111. The van der Waals surface area contributed by atoms with Crippen molar-refractivity contribution >= 4 is 11.7 Å². The van der Waals surface area contributed by atoms with E-state index in [4.69, 9.17) is 0 Å². The Morgan fingerprint density at radius 1 is 1.18 bits per heavy atom. The summed E-state index contributed by atoms with van der Waals surface area (Å²) in [5.41, 5.74) is 1.72. The number of H-pyrrole nitrogens is 1. The minimum absolute atomic E-state index is 0.311. The number of carbonyl (C=O) groups is 1. The van der Waals surface area contributed by atoms with Crippen molar-refractivity contribution in [3.63, 3.8) is 0 Å². The maximum atomic E-state index is 12.6. The van der Waals surface area contributed by atoms with Gasteiger partial charge >= 0.3 is 0 Å². The third kappa shape index (κ3) is 3.56. The first-order valence-corrected chi connectivity index (χ1v) is 8.44. The normalized spacial score (nSPS) is 10.8. The highest BCUT2D eigenvalue weighted by molar-refractivity contribution is 6.04. The predicted molar refractivity (Wildman–Crippen MR) is 100 cm³/mol. The van der Waals surface area contributed by atoms with Gasteiger partial charge in [-0.25, -0.2) is 9.78 Å². The molecule has 0 aromatic carbocycles. The number of hydrogen-bond donors (Lipinski definition) is 2. The van der Waals surface area contributed by atoms with E-state index in [2.05, 4.69) is 30.7 Å². The van der Waals surface area contributed by atoms with Crippen LogP contribution in [0.25, 0.3) is 5.82 Å². The van der Waals surface area contributed by atoms with Crippen molar-refractivity contribution in [3.8, 4) is 5.82 Å². The molecule has 0 aliphatic rings. The lowest BCUT2D eigenvalue weighted by molar-refractivity contribution is 0.102. The summed E-state index contributed by atoms with van der Waals surface area (Å²) in [6.45, 7) is 2.32. The van der Waals surface area contributed by atoms with Crippen molar-refractivity contribution in [1.29, 1.82) is 0 Å². The zero-order valence-corrected chi connectivity index (χ0v) is 14.9. The van der Waals surface area contributed by atoms with E-state index in [1.807, 2.05) is 12.1 Å². The topological polar surface area (TPSA) is 123 Å². The minimum Gasteiger partial charge on any atom is -0.305 e. The summed E-state index contributed by atoms with van der Waals surface area (Å²) >= 11 is 0. The van der Waals surface area contributed by atoms with Gasteiger partial charge in [-0.3, -0.25) is 19.3 Å². The lowest BCUT2D eigenvalue weighted by atomic mass is 10.2. The summed E-state index contributed by atoms with van der Waals surface area (Å²) in [6, 6.07) is 8.41. The molecule has 0 saturated carbocycles. The third-order valence-corrected chi connectivity index (χ3v) is 4.11. The second-order valence-electron chi connectivity index (χ2n) is 6.04. The first kappa shape index (κ1) is 17.3. The van der Waals surface area contributed by atoms with Gasteiger partial charge in [0, 0.05) is 30.7 Å². The van der Waals surface area contributed by atoms with Crippen molar-refractivity contribution < 1.29 is 4.79 Å². The molecular formula is C18H16N8O2. The van der Waals surface area contributed by atoms with Crippen LogP contribution in [0.4, 0.5) is 5.82 Å². The Labute approximate surface area is 158 Å². The first-order chi connectivity index (χ1) is 13.6. The van der Waals surface area contributed by atoms with Gasteiger partial charge in [-0.15, -0.1) is 0 Å². The van der Waals surface area contributed by atoms with Crippen LogP contribution >= 0.6 is 0 Å². The van der Waals surface area contributed by atoms with Gasteiger partial charge in [0.2, 0.25) is 0 Å².